The number of nitrogens with zero attached hydrogens (tertiary/aromatic N) is 3. The molecule has 4 nitrogen and oxygen atoms in total. The Hall–Kier alpha value is -3.27. The lowest BCUT2D eigenvalue weighted by Gasteiger charge is -2.43. The number of benzene rings is 3. The predicted octanol–water partition coefficient (Wildman–Crippen LogP) is 4.55. The smallest absolute Gasteiger partial charge is 0.331 e. The molecule has 0 atom stereocenters. The first-order chi connectivity index (χ1) is 12.3. The lowest BCUT2D eigenvalue weighted by atomic mass is 10.2. The summed E-state index contributed by atoms with van der Waals surface area (Å²) < 4.78 is 0. The molecule has 1 aliphatic rings. The van der Waals surface area contributed by atoms with Gasteiger partial charge in [0, 0.05) is 17.1 Å². The molecule has 2 amide bonds. The van der Waals surface area contributed by atoms with Crippen molar-refractivity contribution in [1.29, 1.82) is 0 Å². The van der Waals surface area contributed by atoms with E-state index in [0.29, 0.717) is 13.3 Å². The summed E-state index contributed by atoms with van der Waals surface area (Å²) in [6, 6.07) is 29.8. The normalized spacial score (nSPS) is 14.7. The van der Waals surface area contributed by atoms with Gasteiger partial charge in [-0.1, -0.05) is 54.6 Å². The Morgan fingerprint density at radius 2 is 0.880 bits per heavy atom. The first-order valence-corrected chi connectivity index (χ1v) is 8.32. The monoisotopic (exact) mass is 329 g/mol. The van der Waals surface area contributed by atoms with Gasteiger partial charge in [0.15, 0.2) is 0 Å². The van der Waals surface area contributed by atoms with Crippen molar-refractivity contribution in [2.45, 2.75) is 0 Å². The molecule has 0 saturated carbocycles. The molecule has 0 aliphatic carbocycles. The summed E-state index contributed by atoms with van der Waals surface area (Å²) >= 11 is 0. The second-order valence-corrected chi connectivity index (χ2v) is 5.97. The van der Waals surface area contributed by atoms with Crippen molar-refractivity contribution < 1.29 is 4.79 Å². The van der Waals surface area contributed by atoms with Crippen LogP contribution in [-0.2, 0) is 0 Å². The Morgan fingerprint density at radius 1 is 0.520 bits per heavy atom. The third-order valence-corrected chi connectivity index (χ3v) is 4.34. The zero-order chi connectivity index (χ0) is 17.1. The topological polar surface area (TPSA) is 26.8 Å². The SMILES string of the molecule is O=C1N(c2ccccc2)CN(c2ccccc2)CN1c1ccccc1. The summed E-state index contributed by atoms with van der Waals surface area (Å²) in [5, 5.41) is 0. The van der Waals surface area contributed by atoms with E-state index in [1.807, 2.05) is 88.7 Å². The fourth-order valence-electron chi connectivity index (χ4n) is 3.06. The van der Waals surface area contributed by atoms with E-state index in [1.54, 1.807) is 0 Å². The molecule has 0 N–H and O–H groups in total. The van der Waals surface area contributed by atoms with E-state index in [2.05, 4.69) is 17.0 Å². The van der Waals surface area contributed by atoms with Gasteiger partial charge in [-0.3, -0.25) is 9.80 Å². The summed E-state index contributed by atoms with van der Waals surface area (Å²) in [4.78, 5) is 18.9. The molecule has 4 rings (SSSR count). The Labute approximate surface area is 147 Å². The van der Waals surface area contributed by atoms with Crippen molar-refractivity contribution in [3.8, 4) is 0 Å². The minimum Gasteiger partial charge on any atom is -0.335 e. The van der Waals surface area contributed by atoms with Gasteiger partial charge in [-0.15, -0.1) is 0 Å². The van der Waals surface area contributed by atoms with Gasteiger partial charge in [-0.05, 0) is 36.4 Å². The molecular weight excluding hydrogens is 310 g/mol. The third-order valence-electron chi connectivity index (χ3n) is 4.34. The average molecular weight is 329 g/mol. The fourth-order valence-corrected chi connectivity index (χ4v) is 3.06. The Balaban J connectivity index is 1.73. The maximum Gasteiger partial charge on any atom is 0.331 e. The number of rotatable bonds is 3. The molecule has 0 aromatic heterocycles. The van der Waals surface area contributed by atoms with Crippen molar-refractivity contribution in [3.63, 3.8) is 0 Å². The van der Waals surface area contributed by atoms with Crippen LogP contribution in [0.4, 0.5) is 21.9 Å². The van der Waals surface area contributed by atoms with Crippen LogP contribution < -0.4 is 14.7 Å². The number of urea groups is 1. The molecule has 1 fully saturated rings. The third kappa shape index (κ3) is 3.06. The molecule has 1 heterocycles. The highest BCUT2D eigenvalue weighted by Gasteiger charge is 2.32. The molecule has 25 heavy (non-hydrogen) atoms. The van der Waals surface area contributed by atoms with Gasteiger partial charge in [-0.25, -0.2) is 4.79 Å². The molecule has 0 bridgehead atoms. The van der Waals surface area contributed by atoms with Crippen LogP contribution in [-0.4, -0.2) is 19.4 Å². The molecule has 0 radical (unpaired) electrons. The summed E-state index contributed by atoms with van der Waals surface area (Å²) in [6.45, 7) is 1.05. The standard InChI is InChI=1S/C21H19N3O/c25-21-23(19-12-6-2-7-13-19)16-22(18-10-4-1-5-11-18)17-24(21)20-14-8-3-9-15-20/h1-15H,16-17H2. The van der Waals surface area contributed by atoms with Crippen molar-refractivity contribution in [2.24, 2.45) is 0 Å². The largest absolute Gasteiger partial charge is 0.335 e. The summed E-state index contributed by atoms with van der Waals surface area (Å²) in [6.07, 6.45) is 0. The second-order valence-electron chi connectivity index (χ2n) is 5.97. The highest BCUT2D eigenvalue weighted by atomic mass is 16.2. The lowest BCUT2D eigenvalue weighted by molar-refractivity contribution is 0.249. The lowest BCUT2D eigenvalue weighted by Crippen LogP contribution is -2.59. The quantitative estimate of drug-likeness (QED) is 0.704. The van der Waals surface area contributed by atoms with Crippen LogP contribution in [0.5, 0.6) is 0 Å². The van der Waals surface area contributed by atoms with Gasteiger partial charge in [0.25, 0.3) is 0 Å². The minimum absolute atomic E-state index is 0.00965. The maximum atomic E-state index is 13.1. The number of hydrogen-bond acceptors (Lipinski definition) is 2. The molecular formula is C21H19N3O. The highest BCUT2D eigenvalue weighted by molar-refractivity contribution is 6.05. The minimum atomic E-state index is -0.00965. The molecule has 3 aromatic carbocycles. The van der Waals surface area contributed by atoms with Crippen molar-refractivity contribution in [1.82, 2.24) is 0 Å². The molecule has 124 valence electrons. The van der Waals surface area contributed by atoms with Gasteiger partial charge in [0.2, 0.25) is 0 Å². The maximum absolute atomic E-state index is 13.1. The number of carbonyl (C=O) groups is 1. The van der Waals surface area contributed by atoms with Gasteiger partial charge >= 0.3 is 6.03 Å². The van der Waals surface area contributed by atoms with Crippen molar-refractivity contribution in [3.05, 3.63) is 91.0 Å². The molecule has 0 spiro atoms. The highest BCUT2D eigenvalue weighted by Crippen LogP contribution is 2.27. The number of hydrogen-bond donors (Lipinski definition) is 0. The zero-order valence-electron chi connectivity index (χ0n) is 13.8. The Bertz CT molecular complexity index is 785. The number of amides is 2. The molecule has 1 saturated heterocycles. The fraction of sp³-hybridized carbons (Fsp3) is 0.0952. The molecule has 4 heteroatoms. The van der Waals surface area contributed by atoms with Gasteiger partial charge < -0.3 is 4.90 Å². The number of anilines is 3. The zero-order valence-corrected chi connectivity index (χ0v) is 13.8. The van der Waals surface area contributed by atoms with Gasteiger partial charge in [0.1, 0.15) is 13.3 Å². The predicted molar refractivity (Wildman–Crippen MR) is 102 cm³/mol. The van der Waals surface area contributed by atoms with Crippen LogP contribution in [0, 0.1) is 0 Å². The Kier molecular flexibility index (Phi) is 4.09. The molecule has 0 unspecified atom stereocenters. The van der Waals surface area contributed by atoms with Crippen LogP contribution >= 0.6 is 0 Å². The van der Waals surface area contributed by atoms with Crippen molar-refractivity contribution in [2.75, 3.05) is 28.0 Å². The van der Waals surface area contributed by atoms with E-state index in [9.17, 15) is 4.79 Å². The first kappa shape index (κ1) is 15.3. The van der Waals surface area contributed by atoms with Crippen LogP contribution in [0.3, 0.4) is 0 Å². The second kappa shape index (κ2) is 6.69. The van der Waals surface area contributed by atoms with E-state index in [4.69, 9.17) is 0 Å². The molecule has 1 aliphatic heterocycles. The Morgan fingerprint density at radius 3 is 1.28 bits per heavy atom. The van der Waals surface area contributed by atoms with Crippen LogP contribution in [0.2, 0.25) is 0 Å². The van der Waals surface area contributed by atoms with Crippen LogP contribution in [0.15, 0.2) is 91.0 Å². The van der Waals surface area contributed by atoms with E-state index in [1.165, 1.54) is 0 Å². The van der Waals surface area contributed by atoms with E-state index < -0.39 is 0 Å². The van der Waals surface area contributed by atoms with E-state index in [0.717, 1.165) is 17.1 Å². The number of para-hydroxylation sites is 3. The van der Waals surface area contributed by atoms with Gasteiger partial charge in [0.05, 0.1) is 0 Å². The summed E-state index contributed by atoms with van der Waals surface area (Å²) in [5.41, 5.74) is 2.89. The van der Waals surface area contributed by atoms with E-state index in [-0.39, 0.29) is 6.03 Å². The summed E-state index contributed by atoms with van der Waals surface area (Å²) in [5.74, 6) is 0. The summed E-state index contributed by atoms with van der Waals surface area (Å²) in [7, 11) is 0. The first-order valence-electron chi connectivity index (χ1n) is 8.32. The molecule has 3 aromatic rings. The van der Waals surface area contributed by atoms with Gasteiger partial charge in [-0.2, -0.15) is 0 Å². The van der Waals surface area contributed by atoms with Crippen molar-refractivity contribution >= 4 is 23.1 Å². The van der Waals surface area contributed by atoms with Crippen LogP contribution in [0.1, 0.15) is 0 Å². The van der Waals surface area contributed by atoms with Crippen LogP contribution in [0.25, 0.3) is 0 Å². The number of carbonyl (C=O) groups excluding carboxylic acids is 1. The van der Waals surface area contributed by atoms with E-state index >= 15 is 0 Å². The average Bonchev–Trinajstić information content (AvgIpc) is 2.70.